The molecule has 0 radical (unpaired) electrons. The average Bonchev–Trinajstić information content (AvgIpc) is 2.80. The Kier molecular flexibility index (Phi) is 6.30. The van der Waals surface area contributed by atoms with E-state index in [2.05, 4.69) is 48.5 Å². The first-order valence-corrected chi connectivity index (χ1v) is 10.6. The van der Waals surface area contributed by atoms with Gasteiger partial charge in [0.05, 0.1) is 41.7 Å². The Morgan fingerprint density at radius 2 is 1.48 bits per heavy atom. The van der Waals surface area contributed by atoms with Gasteiger partial charge < -0.3 is 9.80 Å². The summed E-state index contributed by atoms with van der Waals surface area (Å²) in [5, 5.41) is 11.0. The maximum Gasteiger partial charge on any atom is 0.270 e. The Morgan fingerprint density at radius 1 is 0.935 bits per heavy atom. The number of rotatable bonds is 5. The molecule has 1 N–H and O–H groups in total. The maximum atomic E-state index is 13.0. The zero-order valence-electron chi connectivity index (χ0n) is 16.9. The molecule has 1 heterocycles. The largest absolute Gasteiger partial charge is 0.327 e. The van der Waals surface area contributed by atoms with E-state index in [1.807, 2.05) is 12.1 Å². The Balaban J connectivity index is 1.50. The third-order valence-corrected chi connectivity index (χ3v) is 6.07. The lowest BCUT2D eigenvalue weighted by Crippen LogP contribution is -3.15. The van der Waals surface area contributed by atoms with Crippen LogP contribution in [0, 0.1) is 10.1 Å². The number of hydrogen-bond acceptors (Lipinski definition) is 3. The number of nitro benzene ring substituents is 1. The number of amides is 1. The molecular weight excluding hydrogens is 414 g/mol. The van der Waals surface area contributed by atoms with Gasteiger partial charge in [-0.3, -0.25) is 14.9 Å². The van der Waals surface area contributed by atoms with Crippen LogP contribution in [0.2, 0.25) is 5.02 Å². The summed E-state index contributed by atoms with van der Waals surface area (Å²) in [5.74, 6) is -0.185. The molecule has 0 spiro atoms. The molecule has 1 fully saturated rings. The fourth-order valence-electron chi connectivity index (χ4n) is 4.20. The smallest absolute Gasteiger partial charge is 0.270 e. The first-order valence-electron chi connectivity index (χ1n) is 10.2. The molecule has 158 valence electrons. The SMILES string of the molecule is O=C(c1ccc([N+](=O)[O-])cc1Cl)N1CC[NH+](C(c2ccccc2)c2ccccc2)CC1. The van der Waals surface area contributed by atoms with Crippen LogP contribution in [0.15, 0.2) is 78.9 Å². The van der Waals surface area contributed by atoms with Crippen molar-refractivity contribution < 1.29 is 14.6 Å². The van der Waals surface area contributed by atoms with Gasteiger partial charge in [-0.2, -0.15) is 0 Å². The van der Waals surface area contributed by atoms with Gasteiger partial charge in [0.2, 0.25) is 0 Å². The number of carbonyl (C=O) groups excluding carboxylic acids is 1. The molecule has 0 aromatic heterocycles. The number of non-ortho nitro benzene ring substituents is 1. The van der Waals surface area contributed by atoms with Gasteiger partial charge in [0.1, 0.15) is 6.04 Å². The second-order valence-electron chi connectivity index (χ2n) is 7.63. The van der Waals surface area contributed by atoms with E-state index in [1.165, 1.54) is 34.2 Å². The van der Waals surface area contributed by atoms with Crippen molar-refractivity contribution >= 4 is 23.2 Å². The summed E-state index contributed by atoms with van der Waals surface area (Å²) in [7, 11) is 0. The quantitative estimate of drug-likeness (QED) is 0.492. The van der Waals surface area contributed by atoms with Gasteiger partial charge in [-0.25, -0.2) is 0 Å². The van der Waals surface area contributed by atoms with E-state index < -0.39 is 4.92 Å². The van der Waals surface area contributed by atoms with Crippen molar-refractivity contribution in [3.63, 3.8) is 0 Å². The maximum absolute atomic E-state index is 13.0. The predicted molar refractivity (Wildman–Crippen MR) is 119 cm³/mol. The van der Waals surface area contributed by atoms with Crippen molar-refractivity contribution in [2.45, 2.75) is 6.04 Å². The summed E-state index contributed by atoms with van der Waals surface area (Å²) in [4.78, 5) is 26.6. The van der Waals surface area contributed by atoms with E-state index >= 15 is 0 Å². The normalized spacial score (nSPS) is 14.6. The van der Waals surface area contributed by atoms with Crippen molar-refractivity contribution in [2.24, 2.45) is 0 Å². The topological polar surface area (TPSA) is 67.9 Å². The highest BCUT2D eigenvalue weighted by Crippen LogP contribution is 2.24. The number of nitrogens with one attached hydrogen (secondary N) is 1. The Hall–Kier alpha value is -3.22. The standard InChI is InChI=1S/C24H22ClN3O3/c25-22-17-20(28(30)31)11-12-21(22)24(29)27-15-13-26(14-16-27)23(18-7-3-1-4-8-18)19-9-5-2-6-10-19/h1-12,17,23H,13-16H2/p+1. The highest BCUT2D eigenvalue weighted by molar-refractivity contribution is 6.34. The molecular formula is C24H23ClN3O3+. The van der Waals surface area contributed by atoms with Crippen LogP contribution in [0.1, 0.15) is 27.5 Å². The molecule has 1 aliphatic rings. The number of halogens is 1. The lowest BCUT2D eigenvalue weighted by Gasteiger charge is -2.37. The van der Waals surface area contributed by atoms with Gasteiger partial charge in [0.15, 0.2) is 0 Å². The molecule has 0 unspecified atom stereocenters. The lowest BCUT2D eigenvalue weighted by molar-refractivity contribution is -0.929. The molecule has 0 bridgehead atoms. The summed E-state index contributed by atoms with van der Waals surface area (Å²) in [6.07, 6.45) is 0. The van der Waals surface area contributed by atoms with E-state index in [1.54, 1.807) is 4.90 Å². The van der Waals surface area contributed by atoms with E-state index in [9.17, 15) is 14.9 Å². The number of piperazine rings is 1. The number of carbonyl (C=O) groups is 1. The molecule has 0 saturated carbocycles. The first kappa shape index (κ1) is 21.0. The minimum Gasteiger partial charge on any atom is -0.327 e. The number of nitrogens with zero attached hydrogens (tertiary/aromatic N) is 2. The summed E-state index contributed by atoms with van der Waals surface area (Å²) in [6, 6.07) is 25.1. The highest BCUT2D eigenvalue weighted by atomic mass is 35.5. The third kappa shape index (κ3) is 4.60. The molecule has 7 heteroatoms. The predicted octanol–water partition coefficient (Wildman–Crippen LogP) is 3.38. The summed E-state index contributed by atoms with van der Waals surface area (Å²) < 4.78 is 0. The van der Waals surface area contributed by atoms with E-state index in [0.29, 0.717) is 18.7 Å². The van der Waals surface area contributed by atoms with Gasteiger partial charge in [0.25, 0.3) is 11.6 Å². The van der Waals surface area contributed by atoms with Crippen LogP contribution in [-0.2, 0) is 0 Å². The second kappa shape index (κ2) is 9.29. The molecule has 0 aliphatic carbocycles. The second-order valence-corrected chi connectivity index (χ2v) is 8.03. The first-order chi connectivity index (χ1) is 15.0. The van der Waals surface area contributed by atoms with Crippen molar-refractivity contribution in [2.75, 3.05) is 26.2 Å². The minimum atomic E-state index is -0.518. The van der Waals surface area contributed by atoms with Crippen molar-refractivity contribution in [1.82, 2.24) is 4.90 Å². The lowest BCUT2D eigenvalue weighted by atomic mass is 9.96. The van der Waals surface area contributed by atoms with Crippen molar-refractivity contribution in [1.29, 1.82) is 0 Å². The van der Waals surface area contributed by atoms with E-state index in [4.69, 9.17) is 11.6 Å². The number of hydrogen-bond donors (Lipinski definition) is 1. The summed E-state index contributed by atoms with van der Waals surface area (Å²) in [5.41, 5.74) is 2.69. The average molecular weight is 437 g/mol. The molecule has 1 saturated heterocycles. The Morgan fingerprint density at radius 3 is 1.97 bits per heavy atom. The molecule has 3 aromatic carbocycles. The van der Waals surface area contributed by atoms with Crippen LogP contribution in [0.4, 0.5) is 5.69 Å². The molecule has 1 aliphatic heterocycles. The van der Waals surface area contributed by atoms with Gasteiger partial charge in [-0.05, 0) is 6.07 Å². The van der Waals surface area contributed by atoms with Crippen molar-refractivity contribution in [3.8, 4) is 0 Å². The minimum absolute atomic E-state index is 0.112. The number of quaternary nitrogens is 1. The van der Waals surface area contributed by atoms with Crippen LogP contribution in [0.5, 0.6) is 0 Å². The summed E-state index contributed by atoms with van der Waals surface area (Å²) in [6.45, 7) is 2.78. The van der Waals surface area contributed by atoms with Gasteiger partial charge in [-0.1, -0.05) is 72.3 Å². The molecule has 1 amide bonds. The third-order valence-electron chi connectivity index (χ3n) is 5.76. The Bertz CT molecular complexity index is 1030. The van der Waals surface area contributed by atoms with Crippen LogP contribution < -0.4 is 4.90 Å². The van der Waals surface area contributed by atoms with Crippen LogP contribution >= 0.6 is 11.6 Å². The molecule has 0 atom stereocenters. The van der Waals surface area contributed by atoms with Crippen LogP contribution in [-0.4, -0.2) is 41.9 Å². The fourth-order valence-corrected chi connectivity index (χ4v) is 4.46. The van der Waals surface area contributed by atoms with Gasteiger partial charge >= 0.3 is 0 Å². The van der Waals surface area contributed by atoms with Crippen LogP contribution in [0.25, 0.3) is 0 Å². The fraction of sp³-hybridized carbons (Fsp3) is 0.208. The Labute approximate surface area is 185 Å². The highest BCUT2D eigenvalue weighted by Gasteiger charge is 2.32. The van der Waals surface area contributed by atoms with Crippen molar-refractivity contribution in [3.05, 3.63) is 111 Å². The summed E-state index contributed by atoms with van der Waals surface area (Å²) >= 11 is 6.17. The van der Waals surface area contributed by atoms with Gasteiger partial charge in [-0.15, -0.1) is 0 Å². The monoisotopic (exact) mass is 436 g/mol. The zero-order valence-corrected chi connectivity index (χ0v) is 17.7. The number of nitro groups is 1. The molecule has 3 aromatic rings. The number of benzene rings is 3. The molecule has 6 nitrogen and oxygen atoms in total. The van der Waals surface area contributed by atoms with E-state index in [0.717, 1.165) is 13.1 Å². The molecule has 31 heavy (non-hydrogen) atoms. The zero-order chi connectivity index (χ0) is 21.8. The molecule has 4 rings (SSSR count). The van der Waals surface area contributed by atoms with E-state index in [-0.39, 0.29) is 22.7 Å². The van der Waals surface area contributed by atoms with Gasteiger partial charge in [0, 0.05) is 23.3 Å². The van der Waals surface area contributed by atoms with Crippen LogP contribution in [0.3, 0.4) is 0 Å².